The number of rotatable bonds is 4. The van der Waals surface area contributed by atoms with Crippen LogP contribution in [0, 0.1) is 6.92 Å². The van der Waals surface area contributed by atoms with Crippen molar-refractivity contribution < 1.29 is 19.4 Å². The van der Waals surface area contributed by atoms with E-state index in [1.54, 1.807) is 38.4 Å². The first-order valence-electron chi connectivity index (χ1n) is 8.62. The highest BCUT2D eigenvalue weighted by atomic mass is 16.5. The van der Waals surface area contributed by atoms with Gasteiger partial charge in [-0.1, -0.05) is 12.1 Å². The Balaban J connectivity index is 1.78. The number of aromatic carboxylic acids is 1. The zero-order chi connectivity index (χ0) is 19.8. The van der Waals surface area contributed by atoms with Gasteiger partial charge in [0.25, 0.3) is 5.91 Å². The number of carbonyl (C=O) groups is 2. The van der Waals surface area contributed by atoms with Crippen LogP contribution in [0.1, 0.15) is 26.3 Å². The molecule has 0 radical (unpaired) electrons. The lowest BCUT2D eigenvalue weighted by Gasteiger charge is -2.10. The number of carboxylic acids is 1. The van der Waals surface area contributed by atoms with Gasteiger partial charge in [0.15, 0.2) is 5.75 Å². The van der Waals surface area contributed by atoms with Gasteiger partial charge in [-0.3, -0.25) is 4.79 Å². The van der Waals surface area contributed by atoms with Gasteiger partial charge in [0.1, 0.15) is 11.3 Å². The van der Waals surface area contributed by atoms with Crippen molar-refractivity contribution >= 4 is 28.2 Å². The molecule has 7 heteroatoms. The van der Waals surface area contributed by atoms with E-state index in [4.69, 9.17) is 4.74 Å². The Hall–Kier alpha value is -3.87. The molecular formula is C21H17N3O4. The summed E-state index contributed by atoms with van der Waals surface area (Å²) in [4.78, 5) is 23.4. The van der Waals surface area contributed by atoms with E-state index in [-0.39, 0.29) is 11.5 Å². The Morgan fingerprint density at radius 2 is 1.96 bits per heavy atom. The van der Waals surface area contributed by atoms with Crippen LogP contribution in [0.5, 0.6) is 11.5 Å². The molecule has 1 amide bonds. The SMILES string of the molecule is CNC(=O)c1cccc2cc(Oc3ccnn4cc(C(=O)O)c(C)c34)ccc12. The fourth-order valence-electron chi connectivity index (χ4n) is 3.31. The number of carbonyl (C=O) groups excluding carboxylic acids is 1. The van der Waals surface area contributed by atoms with Crippen LogP contribution in [-0.2, 0) is 0 Å². The average Bonchev–Trinajstić information content (AvgIpc) is 3.04. The minimum absolute atomic E-state index is 0.153. The molecule has 2 aromatic heterocycles. The van der Waals surface area contributed by atoms with E-state index in [1.165, 1.54) is 10.7 Å². The van der Waals surface area contributed by atoms with E-state index in [1.807, 2.05) is 24.3 Å². The second-order valence-electron chi connectivity index (χ2n) is 6.33. The van der Waals surface area contributed by atoms with Gasteiger partial charge in [-0.15, -0.1) is 0 Å². The number of hydrogen-bond donors (Lipinski definition) is 2. The molecule has 0 aliphatic carbocycles. The Labute approximate surface area is 160 Å². The average molecular weight is 375 g/mol. The number of carboxylic acid groups (broad SMARTS) is 1. The van der Waals surface area contributed by atoms with E-state index in [2.05, 4.69) is 10.4 Å². The molecule has 0 fully saturated rings. The van der Waals surface area contributed by atoms with Crippen LogP contribution < -0.4 is 10.1 Å². The lowest BCUT2D eigenvalue weighted by atomic mass is 10.0. The summed E-state index contributed by atoms with van der Waals surface area (Å²) in [5.41, 5.74) is 1.95. The minimum atomic E-state index is -1.01. The second kappa shape index (κ2) is 6.70. The molecule has 2 aromatic carbocycles. The number of amides is 1. The predicted molar refractivity (Wildman–Crippen MR) is 104 cm³/mol. The van der Waals surface area contributed by atoms with Crippen LogP contribution in [0.3, 0.4) is 0 Å². The highest BCUT2D eigenvalue weighted by Crippen LogP contribution is 2.32. The Bertz CT molecular complexity index is 1240. The largest absolute Gasteiger partial charge is 0.478 e. The number of nitrogens with zero attached hydrogens (tertiary/aromatic N) is 2. The molecule has 7 nitrogen and oxygen atoms in total. The highest BCUT2D eigenvalue weighted by molar-refractivity contribution is 6.07. The zero-order valence-electron chi connectivity index (χ0n) is 15.3. The molecule has 0 saturated heterocycles. The summed E-state index contributed by atoms with van der Waals surface area (Å²) in [7, 11) is 1.60. The summed E-state index contributed by atoms with van der Waals surface area (Å²) < 4.78 is 7.54. The first-order chi connectivity index (χ1) is 13.5. The third-order valence-corrected chi connectivity index (χ3v) is 4.67. The molecule has 0 aliphatic heterocycles. The number of fused-ring (bicyclic) bond motifs is 2. The zero-order valence-corrected chi connectivity index (χ0v) is 15.3. The van der Waals surface area contributed by atoms with Crippen molar-refractivity contribution in [2.24, 2.45) is 0 Å². The van der Waals surface area contributed by atoms with E-state index < -0.39 is 5.97 Å². The molecule has 0 atom stereocenters. The molecule has 4 rings (SSSR count). The van der Waals surface area contributed by atoms with Crippen molar-refractivity contribution in [1.82, 2.24) is 14.9 Å². The van der Waals surface area contributed by atoms with Crippen molar-refractivity contribution in [1.29, 1.82) is 0 Å². The van der Waals surface area contributed by atoms with Crippen LogP contribution >= 0.6 is 0 Å². The van der Waals surface area contributed by atoms with Crippen molar-refractivity contribution in [2.45, 2.75) is 6.92 Å². The smallest absolute Gasteiger partial charge is 0.337 e. The molecule has 140 valence electrons. The Morgan fingerprint density at radius 1 is 1.14 bits per heavy atom. The molecule has 2 heterocycles. The quantitative estimate of drug-likeness (QED) is 0.568. The normalized spacial score (nSPS) is 10.9. The first kappa shape index (κ1) is 17.5. The van der Waals surface area contributed by atoms with Gasteiger partial charge in [-0.2, -0.15) is 5.10 Å². The molecule has 28 heavy (non-hydrogen) atoms. The van der Waals surface area contributed by atoms with Gasteiger partial charge >= 0.3 is 5.97 Å². The summed E-state index contributed by atoms with van der Waals surface area (Å²) in [6.45, 7) is 1.73. The summed E-state index contributed by atoms with van der Waals surface area (Å²) in [6.07, 6.45) is 3.02. The van der Waals surface area contributed by atoms with E-state index >= 15 is 0 Å². The Kier molecular flexibility index (Phi) is 4.19. The van der Waals surface area contributed by atoms with Crippen molar-refractivity contribution in [3.8, 4) is 11.5 Å². The van der Waals surface area contributed by atoms with Crippen molar-refractivity contribution in [2.75, 3.05) is 7.05 Å². The molecule has 0 saturated carbocycles. The van der Waals surface area contributed by atoms with Crippen LogP contribution in [-0.4, -0.2) is 33.6 Å². The van der Waals surface area contributed by atoms with Gasteiger partial charge < -0.3 is 15.2 Å². The summed E-state index contributed by atoms with van der Waals surface area (Å²) in [5, 5.41) is 17.8. The topological polar surface area (TPSA) is 92.9 Å². The van der Waals surface area contributed by atoms with Crippen molar-refractivity contribution in [3.05, 3.63) is 71.5 Å². The van der Waals surface area contributed by atoms with Gasteiger partial charge in [-0.25, -0.2) is 9.31 Å². The monoisotopic (exact) mass is 375 g/mol. The molecule has 4 aromatic rings. The third kappa shape index (κ3) is 2.83. The number of nitrogens with one attached hydrogen (secondary N) is 1. The third-order valence-electron chi connectivity index (χ3n) is 4.67. The molecule has 0 unspecified atom stereocenters. The van der Waals surface area contributed by atoms with Gasteiger partial charge in [-0.05, 0) is 47.5 Å². The minimum Gasteiger partial charge on any atom is -0.478 e. The second-order valence-corrected chi connectivity index (χ2v) is 6.33. The summed E-state index contributed by atoms with van der Waals surface area (Å²) in [5.74, 6) is -0.0876. The summed E-state index contributed by atoms with van der Waals surface area (Å²) >= 11 is 0. The van der Waals surface area contributed by atoms with Crippen LogP contribution in [0.15, 0.2) is 54.9 Å². The molecule has 0 bridgehead atoms. The van der Waals surface area contributed by atoms with Crippen LogP contribution in [0.4, 0.5) is 0 Å². The molecule has 0 aliphatic rings. The lowest BCUT2D eigenvalue weighted by Crippen LogP contribution is -2.17. The number of benzene rings is 2. The van der Waals surface area contributed by atoms with Gasteiger partial charge in [0.05, 0.1) is 11.8 Å². The van der Waals surface area contributed by atoms with E-state index in [9.17, 15) is 14.7 Å². The molecular weight excluding hydrogens is 358 g/mol. The van der Waals surface area contributed by atoms with Gasteiger partial charge in [0, 0.05) is 24.9 Å². The van der Waals surface area contributed by atoms with Crippen LogP contribution in [0.25, 0.3) is 16.3 Å². The number of aromatic nitrogens is 2. The van der Waals surface area contributed by atoms with Gasteiger partial charge in [0.2, 0.25) is 0 Å². The lowest BCUT2D eigenvalue weighted by molar-refractivity contribution is 0.0696. The maximum absolute atomic E-state index is 12.0. The fraction of sp³-hybridized carbons (Fsp3) is 0.0952. The maximum Gasteiger partial charge on any atom is 0.337 e. The van der Waals surface area contributed by atoms with E-state index in [0.717, 1.165) is 10.8 Å². The fourth-order valence-corrected chi connectivity index (χ4v) is 3.31. The number of ether oxygens (including phenoxy) is 1. The predicted octanol–water partition coefficient (Wildman–Crippen LogP) is 3.65. The highest BCUT2D eigenvalue weighted by Gasteiger charge is 2.17. The van der Waals surface area contributed by atoms with Crippen molar-refractivity contribution in [3.63, 3.8) is 0 Å². The number of hydrogen-bond acceptors (Lipinski definition) is 4. The standard InChI is InChI=1S/C21H17N3O4/c1-12-17(21(26)27)11-24-19(12)18(8-9-23-24)28-14-6-7-15-13(10-14)4-3-5-16(15)20(25)22-2/h3-11H,1-2H3,(H,22,25)(H,26,27). The number of aryl methyl sites for hydroxylation is 1. The van der Waals surface area contributed by atoms with Crippen LogP contribution in [0.2, 0.25) is 0 Å². The first-order valence-corrected chi connectivity index (χ1v) is 8.62. The Morgan fingerprint density at radius 3 is 2.71 bits per heavy atom. The summed E-state index contributed by atoms with van der Waals surface area (Å²) in [6, 6.07) is 12.6. The molecule has 0 spiro atoms. The molecule has 2 N–H and O–H groups in total. The maximum atomic E-state index is 12.0. The van der Waals surface area contributed by atoms with E-state index in [0.29, 0.717) is 28.1 Å².